The van der Waals surface area contributed by atoms with Crippen molar-refractivity contribution in [2.45, 2.75) is 50.5 Å². The molecule has 1 saturated heterocycles. The summed E-state index contributed by atoms with van der Waals surface area (Å²) < 4.78 is 15.7. The lowest BCUT2D eigenvalue weighted by atomic mass is 9.99. The van der Waals surface area contributed by atoms with Crippen LogP contribution in [0.25, 0.3) is 0 Å². The maximum atomic E-state index is 10.7. The monoisotopic (exact) mass is 356 g/mol. The molecule has 5 atom stereocenters. The molecule has 140 valence electrons. The molecule has 4 N–H and O–H groups in total. The smallest absolute Gasteiger partial charge is 0.302 e. The number of hydrogen-bond donors (Lipinski definition) is 4. The van der Waals surface area contributed by atoms with Gasteiger partial charge in [-0.2, -0.15) is 0 Å². The van der Waals surface area contributed by atoms with Crippen LogP contribution in [-0.2, 0) is 20.7 Å². The van der Waals surface area contributed by atoms with Crippen LogP contribution >= 0.6 is 0 Å². The molecule has 0 aliphatic carbocycles. The molecular formula is C17H24O8. The summed E-state index contributed by atoms with van der Waals surface area (Å²) in [5.74, 6) is 0.108. The lowest BCUT2D eigenvalue weighted by Crippen LogP contribution is -2.60. The number of aliphatic hydroxyl groups is 4. The van der Waals surface area contributed by atoms with E-state index < -0.39 is 37.3 Å². The van der Waals surface area contributed by atoms with Gasteiger partial charge in [-0.15, -0.1) is 0 Å². The molecular weight excluding hydrogens is 332 g/mol. The number of aryl methyl sites for hydroxylation is 1. The van der Waals surface area contributed by atoms with E-state index >= 15 is 0 Å². The molecule has 8 nitrogen and oxygen atoms in total. The van der Waals surface area contributed by atoms with E-state index in [1.54, 1.807) is 12.1 Å². The zero-order valence-corrected chi connectivity index (χ0v) is 13.9. The zero-order valence-electron chi connectivity index (χ0n) is 13.9. The minimum atomic E-state index is -1.48. The summed E-state index contributed by atoms with van der Waals surface area (Å²) in [6, 6.07) is 7.02. The van der Waals surface area contributed by atoms with E-state index in [-0.39, 0.29) is 5.97 Å². The van der Waals surface area contributed by atoms with Crippen LogP contribution in [0.2, 0.25) is 0 Å². The van der Waals surface area contributed by atoms with E-state index in [0.717, 1.165) is 12.0 Å². The molecule has 1 aliphatic heterocycles. The first kappa shape index (κ1) is 19.6. The summed E-state index contributed by atoms with van der Waals surface area (Å²) in [6.45, 7) is 1.22. The van der Waals surface area contributed by atoms with Crippen molar-refractivity contribution in [3.05, 3.63) is 29.8 Å². The van der Waals surface area contributed by atoms with Crippen molar-refractivity contribution < 1.29 is 39.4 Å². The van der Waals surface area contributed by atoms with Gasteiger partial charge < -0.3 is 34.6 Å². The number of carbonyl (C=O) groups is 1. The largest absolute Gasteiger partial charge is 0.466 e. The molecule has 0 amide bonds. The molecule has 0 radical (unpaired) electrons. The lowest BCUT2D eigenvalue weighted by Gasteiger charge is -2.39. The Balaban J connectivity index is 1.88. The normalized spacial score (nSPS) is 29.2. The van der Waals surface area contributed by atoms with Crippen LogP contribution in [0, 0.1) is 0 Å². The van der Waals surface area contributed by atoms with Gasteiger partial charge in [0.15, 0.2) is 0 Å². The third-order valence-electron chi connectivity index (χ3n) is 3.94. The van der Waals surface area contributed by atoms with Crippen LogP contribution in [0.3, 0.4) is 0 Å². The minimum absolute atomic E-state index is 0.303. The molecule has 1 heterocycles. The van der Waals surface area contributed by atoms with Gasteiger partial charge in [-0.05, 0) is 30.5 Å². The van der Waals surface area contributed by atoms with Crippen molar-refractivity contribution >= 4 is 5.97 Å². The molecule has 0 bridgehead atoms. The van der Waals surface area contributed by atoms with Crippen LogP contribution in [0.4, 0.5) is 0 Å². The first-order chi connectivity index (χ1) is 11.9. The fourth-order valence-electron chi connectivity index (χ4n) is 2.53. The molecule has 0 saturated carbocycles. The molecule has 0 aromatic heterocycles. The van der Waals surface area contributed by atoms with Gasteiger partial charge in [0.25, 0.3) is 0 Å². The average molecular weight is 356 g/mol. The SMILES string of the molecule is CC(=O)OCCCc1ccc(OC2OC(CO)C(O)C(O)C2O)cc1. The second-order valence-electron chi connectivity index (χ2n) is 5.90. The Morgan fingerprint density at radius 3 is 2.40 bits per heavy atom. The van der Waals surface area contributed by atoms with Gasteiger partial charge in [0, 0.05) is 6.92 Å². The quantitative estimate of drug-likeness (QED) is 0.376. The Labute approximate surface area is 145 Å². The number of benzene rings is 1. The molecule has 2 rings (SSSR count). The molecule has 1 aromatic rings. The van der Waals surface area contributed by atoms with Crippen molar-refractivity contribution in [3.63, 3.8) is 0 Å². The zero-order chi connectivity index (χ0) is 18.4. The fraction of sp³-hybridized carbons (Fsp3) is 0.588. The number of esters is 1. The Hall–Kier alpha value is -1.71. The third kappa shape index (κ3) is 5.38. The molecule has 1 fully saturated rings. The van der Waals surface area contributed by atoms with E-state index in [4.69, 9.17) is 19.3 Å². The highest BCUT2D eigenvalue weighted by atomic mass is 16.7. The number of carbonyl (C=O) groups excluding carboxylic acids is 1. The maximum absolute atomic E-state index is 10.7. The van der Waals surface area contributed by atoms with Gasteiger partial charge in [-0.25, -0.2) is 0 Å². The van der Waals surface area contributed by atoms with E-state index in [2.05, 4.69) is 0 Å². The highest BCUT2D eigenvalue weighted by Crippen LogP contribution is 2.24. The summed E-state index contributed by atoms with van der Waals surface area (Å²) in [7, 11) is 0. The maximum Gasteiger partial charge on any atom is 0.302 e. The van der Waals surface area contributed by atoms with E-state index in [9.17, 15) is 20.1 Å². The Kier molecular flexibility index (Phi) is 7.15. The van der Waals surface area contributed by atoms with Crippen LogP contribution in [-0.4, -0.2) is 70.3 Å². The Morgan fingerprint density at radius 2 is 1.80 bits per heavy atom. The van der Waals surface area contributed by atoms with Gasteiger partial charge in [0.2, 0.25) is 6.29 Å². The Bertz CT molecular complexity index is 544. The van der Waals surface area contributed by atoms with E-state index in [1.165, 1.54) is 6.92 Å². The third-order valence-corrected chi connectivity index (χ3v) is 3.94. The average Bonchev–Trinajstić information content (AvgIpc) is 2.60. The van der Waals surface area contributed by atoms with Crippen LogP contribution in [0.15, 0.2) is 24.3 Å². The van der Waals surface area contributed by atoms with Crippen molar-refractivity contribution in [1.29, 1.82) is 0 Å². The van der Waals surface area contributed by atoms with Crippen LogP contribution in [0.1, 0.15) is 18.9 Å². The second kappa shape index (κ2) is 9.12. The van der Waals surface area contributed by atoms with Gasteiger partial charge in [0.05, 0.1) is 13.2 Å². The van der Waals surface area contributed by atoms with Crippen molar-refractivity contribution in [3.8, 4) is 5.75 Å². The minimum Gasteiger partial charge on any atom is -0.466 e. The first-order valence-corrected chi connectivity index (χ1v) is 8.12. The van der Waals surface area contributed by atoms with Gasteiger partial charge in [-0.3, -0.25) is 4.79 Å². The van der Waals surface area contributed by atoms with Gasteiger partial charge in [-0.1, -0.05) is 12.1 Å². The van der Waals surface area contributed by atoms with Crippen LogP contribution < -0.4 is 4.74 Å². The summed E-state index contributed by atoms with van der Waals surface area (Å²) in [5, 5.41) is 38.6. The summed E-state index contributed by atoms with van der Waals surface area (Å²) >= 11 is 0. The second-order valence-corrected chi connectivity index (χ2v) is 5.90. The molecule has 1 aliphatic rings. The summed E-state index contributed by atoms with van der Waals surface area (Å²) in [6.07, 6.45) is -5.12. The number of hydrogen-bond acceptors (Lipinski definition) is 8. The van der Waals surface area contributed by atoms with E-state index in [0.29, 0.717) is 18.8 Å². The van der Waals surface area contributed by atoms with Crippen molar-refractivity contribution in [1.82, 2.24) is 0 Å². The van der Waals surface area contributed by atoms with Crippen molar-refractivity contribution in [2.75, 3.05) is 13.2 Å². The standard InChI is InChI=1S/C17H24O8/c1-10(19)23-8-2-3-11-4-6-12(7-5-11)24-17-16(22)15(21)14(20)13(9-18)25-17/h4-7,13-18,20-22H,2-3,8-9H2,1H3. The molecule has 8 heteroatoms. The summed E-state index contributed by atoms with van der Waals surface area (Å²) in [4.78, 5) is 10.7. The fourth-order valence-corrected chi connectivity index (χ4v) is 2.53. The highest BCUT2D eigenvalue weighted by molar-refractivity contribution is 5.65. The van der Waals surface area contributed by atoms with Gasteiger partial charge in [0.1, 0.15) is 30.2 Å². The Morgan fingerprint density at radius 1 is 1.12 bits per heavy atom. The lowest BCUT2D eigenvalue weighted by molar-refractivity contribution is -0.277. The molecule has 1 aromatic carbocycles. The molecule has 5 unspecified atom stereocenters. The number of rotatable bonds is 7. The van der Waals surface area contributed by atoms with E-state index in [1.807, 2.05) is 12.1 Å². The summed E-state index contributed by atoms with van der Waals surface area (Å²) in [5.41, 5.74) is 1.02. The predicted octanol–water partition coefficient (Wildman–Crippen LogP) is -0.639. The molecule has 25 heavy (non-hydrogen) atoms. The topological polar surface area (TPSA) is 126 Å². The highest BCUT2D eigenvalue weighted by Gasteiger charge is 2.44. The van der Waals surface area contributed by atoms with Crippen molar-refractivity contribution in [2.24, 2.45) is 0 Å². The van der Waals surface area contributed by atoms with Crippen LogP contribution in [0.5, 0.6) is 5.75 Å². The first-order valence-electron chi connectivity index (χ1n) is 8.12. The number of ether oxygens (including phenoxy) is 3. The molecule has 0 spiro atoms. The number of aliphatic hydroxyl groups excluding tert-OH is 4. The van der Waals surface area contributed by atoms with Gasteiger partial charge >= 0.3 is 5.97 Å². The predicted molar refractivity (Wildman–Crippen MR) is 85.8 cm³/mol.